The molecule has 0 N–H and O–H groups in total. The highest BCUT2D eigenvalue weighted by molar-refractivity contribution is 4.92. The van der Waals surface area contributed by atoms with Crippen LogP contribution in [0.1, 0.15) is 67.2 Å². The second-order valence-electron chi connectivity index (χ2n) is 5.65. The summed E-state index contributed by atoms with van der Waals surface area (Å²) in [7, 11) is 0. The van der Waals surface area contributed by atoms with E-state index in [4.69, 9.17) is 18.9 Å². The fraction of sp³-hybridized carbons (Fsp3) is 0.889. The van der Waals surface area contributed by atoms with Gasteiger partial charge in [-0.2, -0.15) is 0 Å². The van der Waals surface area contributed by atoms with Crippen molar-refractivity contribution in [3.05, 3.63) is 12.2 Å². The predicted octanol–water partition coefficient (Wildman–Crippen LogP) is 4.68. The lowest BCUT2D eigenvalue weighted by Gasteiger charge is -2.19. The minimum atomic E-state index is -0.182. The first kappa shape index (κ1) is 21.6. The molecular weight excluding hydrogens is 280 g/mol. The summed E-state index contributed by atoms with van der Waals surface area (Å²) in [6, 6.07) is 0. The van der Waals surface area contributed by atoms with E-state index in [1.165, 1.54) is 0 Å². The molecule has 0 heterocycles. The van der Waals surface area contributed by atoms with Crippen molar-refractivity contribution in [3.8, 4) is 0 Å². The molecule has 4 unspecified atom stereocenters. The van der Waals surface area contributed by atoms with E-state index in [1.807, 2.05) is 39.8 Å². The maximum absolute atomic E-state index is 5.74. The third-order valence-electron chi connectivity index (χ3n) is 3.17. The quantitative estimate of drug-likeness (QED) is 0.265. The molecule has 0 radical (unpaired) electrons. The van der Waals surface area contributed by atoms with Crippen molar-refractivity contribution >= 4 is 0 Å². The van der Waals surface area contributed by atoms with Crippen LogP contribution in [0.3, 0.4) is 0 Å². The summed E-state index contributed by atoms with van der Waals surface area (Å²) >= 11 is 0. The summed E-state index contributed by atoms with van der Waals surface area (Å²) in [4.78, 5) is 0. The monoisotopic (exact) mass is 316 g/mol. The zero-order valence-electron chi connectivity index (χ0n) is 15.3. The third-order valence-corrected chi connectivity index (χ3v) is 3.17. The molecule has 22 heavy (non-hydrogen) atoms. The molecule has 132 valence electrons. The molecule has 4 nitrogen and oxygen atoms in total. The Morgan fingerprint density at radius 1 is 0.682 bits per heavy atom. The molecule has 0 aromatic rings. The topological polar surface area (TPSA) is 36.9 Å². The van der Waals surface area contributed by atoms with E-state index in [2.05, 4.69) is 13.8 Å². The van der Waals surface area contributed by atoms with Gasteiger partial charge in [0.25, 0.3) is 0 Å². The lowest BCUT2D eigenvalue weighted by Crippen LogP contribution is -2.21. The van der Waals surface area contributed by atoms with Crippen molar-refractivity contribution in [1.82, 2.24) is 0 Å². The van der Waals surface area contributed by atoms with Crippen LogP contribution in [-0.4, -0.2) is 38.0 Å². The average molecular weight is 316 g/mol. The smallest absolute Gasteiger partial charge is 0.155 e. The highest BCUT2D eigenvalue weighted by Crippen LogP contribution is 2.06. The van der Waals surface area contributed by atoms with Crippen LogP contribution in [0.5, 0.6) is 0 Å². The Morgan fingerprint density at radius 3 is 1.36 bits per heavy atom. The van der Waals surface area contributed by atoms with Gasteiger partial charge in [0.15, 0.2) is 12.6 Å². The predicted molar refractivity (Wildman–Crippen MR) is 90.9 cm³/mol. The Bertz CT molecular complexity index is 242. The maximum atomic E-state index is 5.74. The molecule has 0 rings (SSSR count). The second-order valence-corrected chi connectivity index (χ2v) is 5.65. The van der Waals surface area contributed by atoms with Crippen LogP contribution in [0.15, 0.2) is 12.2 Å². The molecule has 0 spiro atoms. The first-order valence-corrected chi connectivity index (χ1v) is 8.72. The molecule has 0 saturated heterocycles. The van der Waals surface area contributed by atoms with Crippen molar-refractivity contribution in [2.45, 2.75) is 92.0 Å². The third kappa shape index (κ3) is 13.3. The molecule has 0 bridgehead atoms. The minimum absolute atomic E-state index is 0.000933. The summed E-state index contributed by atoms with van der Waals surface area (Å²) < 4.78 is 22.6. The molecule has 0 fully saturated rings. The second kappa shape index (κ2) is 14.2. The SMILES string of the molecule is CCCCOC(C)OC(C)C=CC(C)OC(C)OCCCC. The van der Waals surface area contributed by atoms with Crippen LogP contribution in [0, 0.1) is 0 Å². The summed E-state index contributed by atoms with van der Waals surface area (Å²) in [5.74, 6) is 0. The number of hydrogen-bond acceptors (Lipinski definition) is 4. The molecule has 0 aliphatic rings. The fourth-order valence-corrected chi connectivity index (χ4v) is 1.87. The molecular formula is C18H36O4. The summed E-state index contributed by atoms with van der Waals surface area (Å²) in [5, 5.41) is 0. The molecule has 0 saturated carbocycles. The van der Waals surface area contributed by atoms with Gasteiger partial charge < -0.3 is 18.9 Å². The zero-order valence-corrected chi connectivity index (χ0v) is 15.3. The van der Waals surface area contributed by atoms with Crippen molar-refractivity contribution in [1.29, 1.82) is 0 Å². The van der Waals surface area contributed by atoms with Crippen molar-refractivity contribution in [2.24, 2.45) is 0 Å². The Morgan fingerprint density at radius 2 is 1.05 bits per heavy atom. The van der Waals surface area contributed by atoms with Gasteiger partial charge >= 0.3 is 0 Å². The van der Waals surface area contributed by atoms with Crippen molar-refractivity contribution < 1.29 is 18.9 Å². The average Bonchev–Trinajstić information content (AvgIpc) is 2.45. The molecule has 0 aliphatic carbocycles. The van der Waals surface area contributed by atoms with E-state index in [9.17, 15) is 0 Å². The van der Waals surface area contributed by atoms with Gasteiger partial charge in [-0.3, -0.25) is 0 Å². The first-order valence-electron chi connectivity index (χ1n) is 8.72. The largest absolute Gasteiger partial charge is 0.353 e. The Hall–Kier alpha value is -0.420. The van der Waals surface area contributed by atoms with Crippen LogP contribution in [0.2, 0.25) is 0 Å². The maximum Gasteiger partial charge on any atom is 0.155 e. The van der Waals surface area contributed by atoms with Crippen LogP contribution >= 0.6 is 0 Å². The lowest BCUT2D eigenvalue weighted by atomic mass is 10.3. The zero-order chi connectivity index (χ0) is 16.8. The lowest BCUT2D eigenvalue weighted by molar-refractivity contribution is -0.149. The Balaban J connectivity index is 3.86. The number of hydrogen-bond donors (Lipinski definition) is 0. The van der Waals surface area contributed by atoms with Crippen LogP contribution in [0.4, 0.5) is 0 Å². The number of ether oxygens (including phenoxy) is 4. The summed E-state index contributed by atoms with van der Waals surface area (Å²) in [6.07, 6.45) is 8.05. The number of rotatable bonds is 14. The van der Waals surface area contributed by atoms with Crippen LogP contribution in [-0.2, 0) is 18.9 Å². The van der Waals surface area contributed by atoms with Gasteiger partial charge in [0.1, 0.15) is 0 Å². The molecule has 4 atom stereocenters. The van der Waals surface area contributed by atoms with Crippen LogP contribution < -0.4 is 0 Å². The molecule has 4 heteroatoms. The van der Waals surface area contributed by atoms with Gasteiger partial charge in [-0.1, -0.05) is 38.8 Å². The first-order chi connectivity index (χ1) is 10.5. The molecule has 0 aromatic carbocycles. The van der Waals surface area contributed by atoms with E-state index in [0.717, 1.165) is 38.9 Å². The summed E-state index contributed by atoms with van der Waals surface area (Å²) in [5.41, 5.74) is 0. The van der Waals surface area contributed by atoms with Gasteiger partial charge in [0, 0.05) is 13.2 Å². The van der Waals surface area contributed by atoms with Crippen molar-refractivity contribution in [2.75, 3.05) is 13.2 Å². The highest BCUT2D eigenvalue weighted by Gasteiger charge is 2.08. The minimum Gasteiger partial charge on any atom is -0.353 e. The van der Waals surface area contributed by atoms with Gasteiger partial charge in [0.05, 0.1) is 12.2 Å². The molecule has 0 amide bonds. The van der Waals surface area contributed by atoms with Gasteiger partial charge in [-0.25, -0.2) is 0 Å². The fourth-order valence-electron chi connectivity index (χ4n) is 1.87. The Labute approximate surface area is 137 Å². The summed E-state index contributed by atoms with van der Waals surface area (Å²) in [6.45, 7) is 13.7. The van der Waals surface area contributed by atoms with E-state index in [0.29, 0.717) is 0 Å². The van der Waals surface area contributed by atoms with E-state index >= 15 is 0 Å². The van der Waals surface area contributed by atoms with Crippen LogP contribution in [0.25, 0.3) is 0 Å². The number of unbranched alkanes of at least 4 members (excludes halogenated alkanes) is 2. The van der Waals surface area contributed by atoms with E-state index in [-0.39, 0.29) is 24.8 Å². The molecule has 0 aromatic heterocycles. The van der Waals surface area contributed by atoms with Gasteiger partial charge in [-0.15, -0.1) is 0 Å². The Kier molecular flexibility index (Phi) is 13.9. The van der Waals surface area contributed by atoms with E-state index < -0.39 is 0 Å². The standard InChI is InChI=1S/C18H36O4/c1-7-9-13-19-17(5)21-15(3)11-12-16(4)22-18(6)20-14-10-8-2/h11-12,15-18H,7-10,13-14H2,1-6H3. The molecule has 0 aliphatic heterocycles. The van der Waals surface area contributed by atoms with Gasteiger partial charge in [-0.05, 0) is 40.5 Å². The normalized spacial score (nSPS) is 17.5. The van der Waals surface area contributed by atoms with Crippen molar-refractivity contribution in [3.63, 3.8) is 0 Å². The highest BCUT2D eigenvalue weighted by atomic mass is 16.7. The van der Waals surface area contributed by atoms with Gasteiger partial charge in [0.2, 0.25) is 0 Å². The van der Waals surface area contributed by atoms with E-state index in [1.54, 1.807) is 0 Å².